The second-order valence-corrected chi connectivity index (χ2v) is 7.64. The Bertz CT molecular complexity index is 1390. The van der Waals surface area contributed by atoms with E-state index < -0.39 is 5.97 Å². The number of nitrogens with one attached hydrogen (secondary N) is 1. The largest absolute Gasteiger partial charge is 0.497 e. The van der Waals surface area contributed by atoms with Crippen LogP contribution in [0.1, 0.15) is 21.5 Å². The highest BCUT2D eigenvalue weighted by Gasteiger charge is 2.14. The molecule has 4 aromatic carbocycles. The Hall–Kier alpha value is -4.65. The third-order valence-corrected chi connectivity index (χ3v) is 5.33. The first-order valence-corrected chi connectivity index (χ1v) is 10.9. The van der Waals surface area contributed by atoms with Gasteiger partial charge in [-0.1, -0.05) is 48.5 Å². The highest BCUT2D eigenvalue weighted by atomic mass is 16.6. The molecule has 0 radical (unpaired) electrons. The fourth-order valence-electron chi connectivity index (χ4n) is 3.60. The molecule has 0 spiro atoms. The second-order valence-electron chi connectivity index (χ2n) is 7.64. The Kier molecular flexibility index (Phi) is 7.37. The minimum atomic E-state index is -0.538. The number of amides is 1. The van der Waals surface area contributed by atoms with Gasteiger partial charge in [-0.2, -0.15) is 5.10 Å². The van der Waals surface area contributed by atoms with Crippen LogP contribution in [-0.2, 0) is 11.2 Å². The molecule has 1 N–H and O–H groups in total. The predicted octanol–water partition coefficient (Wildman–Crippen LogP) is 4.77. The van der Waals surface area contributed by atoms with Gasteiger partial charge in [-0.15, -0.1) is 0 Å². The van der Waals surface area contributed by atoms with E-state index in [0.717, 1.165) is 16.3 Å². The number of rotatable bonds is 8. The van der Waals surface area contributed by atoms with Gasteiger partial charge in [0.05, 0.1) is 32.4 Å². The SMILES string of the molecule is COc1cccc(C(=O)Oc2ccc(C=NNC(=O)Cc3cccc4ccccc34)cc2OC)c1. The molecular weight excluding hydrogens is 444 g/mol. The Morgan fingerprint density at radius 2 is 1.66 bits per heavy atom. The molecule has 176 valence electrons. The Morgan fingerprint density at radius 1 is 0.857 bits per heavy atom. The molecule has 0 aliphatic carbocycles. The number of esters is 1. The Balaban J connectivity index is 1.40. The van der Waals surface area contributed by atoms with E-state index in [9.17, 15) is 9.59 Å². The highest BCUT2D eigenvalue weighted by Crippen LogP contribution is 2.28. The van der Waals surface area contributed by atoms with Crippen molar-refractivity contribution in [1.82, 2.24) is 5.43 Å². The van der Waals surface area contributed by atoms with E-state index in [4.69, 9.17) is 14.2 Å². The van der Waals surface area contributed by atoms with Gasteiger partial charge in [-0.3, -0.25) is 4.79 Å². The molecule has 0 heterocycles. The lowest BCUT2D eigenvalue weighted by molar-refractivity contribution is -0.120. The first-order chi connectivity index (χ1) is 17.1. The number of hydrazone groups is 1. The van der Waals surface area contributed by atoms with Gasteiger partial charge in [-0.25, -0.2) is 10.2 Å². The maximum atomic E-state index is 12.5. The van der Waals surface area contributed by atoms with Crippen molar-refractivity contribution in [2.24, 2.45) is 5.10 Å². The van der Waals surface area contributed by atoms with E-state index in [0.29, 0.717) is 22.6 Å². The van der Waals surface area contributed by atoms with E-state index in [1.54, 1.807) is 42.5 Å². The van der Waals surface area contributed by atoms with Crippen LogP contribution < -0.4 is 19.6 Å². The molecule has 0 saturated heterocycles. The monoisotopic (exact) mass is 468 g/mol. The topological polar surface area (TPSA) is 86.2 Å². The molecule has 0 aliphatic heterocycles. The van der Waals surface area contributed by atoms with Gasteiger partial charge in [-0.05, 0) is 58.3 Å². The molecule has 4 aromatic rings. The number of hydrogen-bond acceptors (Lipinski definition) is 6. The predicted molar refractivity (Wildman–Crippen MR) is 134 cm³/mol. The van der Waals surface area contributed by atoms with Crippen LogP contribution in [0.5, 0.6) is 17.2 Å². The van der Waals surface area contributed by atoms with Crippen molar-refractivity contribution >= 4 is 28.9 Å². The van der Waals surface area contributed by atoms with Crippen LogP contribution in [-0.4, -0.2) is 32.3 Å². The summed E-state index contributed by atoms with van der Waals surface area (Å²) in [4.78, 5) is 24.9. The maximum Gasteiger partial charge on any atom is 0.343 e. The number of benzene rings is 4. The van der Waals surface area contributed by atoms with Crippen LogP contribution in [0.2, 0.25) is 0 Å². The minimum Gasteiger partial charge on any atom is -0.497 e. The molecule has 0 bridgehead atoms. The summed E-state index contributed by atoms with van der Waals surface area (Å²) >= 11 is 0. The number of ether oxygens (including phenoxy) is 3. The Morgan fingerprint density at radius 3 is 2.49 bits per heavy atom. The zero-order valence-electron chi connectivity index (χ0n) is 19.4. The van der Waals surface area contributed by atoms with Crippen molar-refractivity contribution in [3.05, 3.63) is 102 Å². The van der Waals surface area contributed by atoms with Crippen LogP contribution in [0.25, 0.3) is 10.8 Å². The van der Waals surface area contributed by atoms with Crippen LogP contribution in [0, 0.1) is 0 Å². The van der Waals surface area contributed by atoms with Gasteiger partial charge < -0.3 is 14.2 Å². The molecule has 0 atom stereocenters. The summed E-state index contributed by atoms with van der Waals surface area (Å²) in [7, 11) is 3.00. The fraction of sp³-hybridized carbons (Fsp3) is 0.107. The van der Waals surface area contributed by atoms with Crippen LogP contribution >= 0.6 is 0 Å². The van der Waals surface area contributed by atoms with E-state index in [1.807, 2.05) is 42.5 Å². The molecule has 35 heavy (non-hydrogen) atoms. The highest BCUT2D eigenvalue weighted by molar-refractivity contribution is 5.92. The van der Waals surface area contributed by atoms with Crippen molar-refractivity contribution in [2.45, 2.75) is 6.42 Å². The summed E-state index contributed by atoms with van der Waals surface area (Å²) in [5, 5.41) is 6.17. The normalized spacial score (nSPS) is 10.8. The van der Waals surface area contributed by atoms with Gasteiger partial charge in [0.1, 0.15) is 5.75 Å². The van der Waals surface area contributed by atoms with Crippen LogP contribution in [0.15, 0.2) is 90.0 Å². The van der Waals surface area contributed by atoms with Crippen molar-refractivity contribution in [3.63, 3.8) is 0 Å². The van der Waals surface area contributed by atoms with Gasteiger partial charge >= 0.3 is 5.97 Å². The van der Waals surface area contributed by atoms with Crippen molar-refractivity contribution in [3.8, 4) is 17.2 Å². The number of hydrogen-bond donors (Lipinski definition) is 1. The summed E-state index contributed by atoms with van der Waals surface area (Å²) in [5.74, 6) is 0.405. The molecule has 7 nitrogen and oxygen atoms in total. The first-order valence-electron chi connectivity index (χ1n) is 10.9. The summed E-state index contributed by atoms with van der Waals surface area (Å²) < 4.78 is 16.0. The standard InChI is InChI=1S/C28H24N2O5/c1-33-23-11-6-10-22(16-23)28(32)35-25-14-13-19(15-26(25)34-2)18-29-30-27(31)17-21-9-5-8-20-7-3-4-12-24(20)21/h3-16,18H,17H2,1-2H3,(H,30,31). The smallest absolute Gasteiger partial charge is 0.343 e. The number of methoxy groups -OCH3 is 2. The van der Waals surface area contributed by atoms with Gasteiger partial charge in [0.2, 0.25) is 5.91 Å². The van der Waals surface area contributed by atoms with E-state index in [2.05, 4.69) is 10.5 Å². The van der Waals surface area contributed by atoms with Crippen molar-refractivity contribution in [2.75, 3.05) is 14.2 Å². The maximum absolute atomic E-state index is 12.5. The number of carbonyl (C=O) groups excluding carboxylic acids is 2. The van der Waals surface area contributed by atoms with Crippen molar-refractivity contribution in [1.29, 1.82) is 0 Å². The second kappa shape index (κ2) is 11.0. The molecule has 0 saturated carbocycles. The number of nitrogens with zero attached hydrogens (tertiary/aromatic N) is 1. The molecule has 1 amide bonds. The summed E-state index contributed by atoms with van der Waals surface area (Å²) in [6, 6.07) is 25.5. The molecular formula is C28H24N2O5. The zero-order chi connectivity index (χ0) is 24.6. The number of carbonyl (C=O) groups is 2. The average molecular weight is 469 g/mol. The molecule has 0 fully saturated rings. The molecule has 0 aromatic heterocycles. The van der Waals surface area contributed by atoms with Crippen molar-refractivity contribution < 1.29 is 23.8 Å². The number of fused-ring (bicyclic) bond motifs is 1. The molecule has 7 heteroatoms. The molecule has 4 rings (SSSR count). The summed E-state index contributed by atoms with van der Waals surface area (Å²) in [5.41, 5.74) is 4.50. The Labute approximate surface area is 202 Å². The van der Waals surface area contributed by atoms with E-state index in [-0.39, 0.29) is 18.1 Å². The molecule has 0 unspecified atom stereocenters. The van der Waals surface area contributed by atoms with Crippen LogP contribution in [0.3, 0.4) is 0 Å². The quantitative estimate of drug-likeness (QED) is 0.174. The van der Waals surface area contributed by atoms with Gasteiger partial charge in [0.15, 0.2) is 11.5 Å². The first kappa shape index (κ1) is 23.5. The summed E-state index contributed by atoms with van der Waals surface area (Å²) in [6.45, 7) is 0. The third-order valence-electron chi connectivity index (χ3n) is 5.33. The fourth-order valence-corrected chi connectivity index (χ4v) is 3.60. The lowest BCUT2D eigenvalue weighted by Gasteiger charge is -2.10. The van der Waals surface area contributed by atoms with E-state index >= 15 is 0 Å². The van der Waals surface area contributed by atoms with Gasteiger partial charge in [0.25, 0.3) is 0 Å². The zero-order valence-corrected chi connectivity index (χ0v) is 19.4. The third kappa shape index (κ3) is 5.83. The summed E-state index contributed by atoms with van der Waals surface area (Å²) in [6.07, 6.45) is 1.71. The van der Waals surface area contributed by atoms with E-state index in [1.165, 1.54) is 20.4 Å². The lowest BCUT2D eigenvalue weighted by atomic mass is 10.0. The average Bonchev–Trinajstić information content (AvgIpc) is 2.89. The molecule has 0 aliphatic rings. The lowest BCUT2D eigenvalue weighted by Crippen LogP contribution is -2.19. The van der Waals surface area contributed by atoms with Crippen LogP contribution in [0.4, 0.5) is 0 Å². The van der Waals surface area contributed by atoms with Gasteiger partial charge in [0, 0.05) is 0 Å². The minimum absolute atomic E-state index is 0.209.